The van der Waals surface area contributed by atoms with Gasteiger partial charge in [0.15, 0.2) is 0 Å². The number of cyclic esters (lactones) is 1. The monoisotopic (exact) mass is 492 g/mol. The van der Waals surface area contributed by atoms with Crippen LogP contribution in [0.1, 0.15) is 71.5 Å². The quantitative estimate of drug-likeness (QED) is 0.425. The maximum atomic E-state index is 13.1. The molecule has 1 aromatic rings. The molecule has 190 valence electrons. The van der Waals surface area contributed by atoms with Crippen molar-refractivity contribution in [2.75, 3.05) is 6.54 Å². The van der Waals surface area contributed by atoms with E-state index in [1.54, 1.807) is 32.1 Å². The summed E-state index contributed by atoms with van der Waals surface area (Å²) in [6.45, 7) is 13.2. The summed E-state index contributed by atoms with van der Waals surface area (Å²) in [6, 6.07) is -0.294. The largest absolute Gasteiger partial charge is 0.457 e. The van der Waals surface area contributed by atoms with Crippen LogP contribution in [-0.2, 0) is 14.3 Å². The minimum atomic E-state index is -1.23. The van der Waals surface area contributed by atoms with Gasteiger partial charge in [-0.1, -0.05) is 32.4 Å². The van der Waals surface area contributed by atoms with Gasteiger partial charge < -0.3 is 20.3 Å². The van der Waals surface area contributed by atoms with Crippen molar-refractivity contribution in [1.82, 2.24) is 10.3 Å². The predicted octanol–water partition coefficient (Wildman–Crippen LogP) is 3.83. The summed E-state index contributed by atoms with van der Waals surface area (Å²) in [6.07, 6.45) is 2.28. The summed E-state index contributed by atoms with van der Waals surface area (Å²) in [7, 11) is 0. The number of carbonyl (C=O) groups excluding carboxylic acids is 2. The first-order valence-electron chi connectivity index (χ1n) is 11.9. The third-order valence-electron chi connectivity index (χ3n) is 6.73. The van der Waals surface area contributed by atoms with Crippen molar-refractivity contribution in [2.45, 2.75) is 92.1 Å². The lowest BCUT2D eigenvalue weighted by atomic mass is 9.74. The number of hydrogen-bond donors (Lipinski definition) is 3. The second kappa shape index (κ2) is 12.2. The molecule has 2 rings (SSSR count). The number of esters is 1. The summed E-state index contributed by atoms with van der Waals surface area (Å²) in [4.78, 5) is 30.4. The van der Waals surface area contributed by atoms with Crippen LogP contribution in [0, 0.1) is 18.3 Å². The van der Waals surface area contributed by atoms with E-state index < -0.39 is 35.6 Å². The molecule has 0 saturated heterocycles. The standard InChI is InChI=1S/C26H40N2O5S/c1-15-8-9-21(16(2)12-20-14-34-19(5)28-20)33-23(30)13-22(29)26(6,7)25(32)17(3)24(31)18(4)27-11-10-15/h8,12,14,17-18,21-22,24,27,29,31H,9-11,13H2,1-7H3/b15-8-,16-12+/t17-,18-,21?,22+,24+/m1/s1. The Kier molecular flexibility index (Phi) is 10.2. The Balaban J connectivity index is 2.33. The molecule has 1 aliphatic heterocycles. The number of aryl methyl sites for hydroxylation is 1. The number of hydrogen-bond acceptors (Lipinski definition) is 8. The number of aliphatic hydroxyl groups is 2. The molecule has 0 bridgehead atoms. The van der Waals surface area contributed by atoms with E-state index in [0.29, 0.717) is 13.0 Å². The van der Waals surface area contributed by atoms with E-state index in [4.69, 9.17) is 4.74 Å². The molecule has 0 amide bonds. The van der Waals surface area contributed by atoms with Gasteiger partial charge in [0.2, 0.25) is 0 Å². The Labute approximate surface area is 207 Å². The first-order valence-corrected chi connectivity index (χ1v) is 12.8. The average Bonchev–Trinajstić information content (AvgIpc) is 3.18. The van der Waals surface area contributed by atoms with Crippen LogP contribution >= 0.6 is 11.3 Å². The first-order chi connectivity index (χ1) is 15.8. The van der Waals surface area contributed by atoms with E-state index in [1.807, 2.05) is 39.2 Å². The van der Waals surface area contributed by atoms with Gasteiger partial charge in [0.05, 0.1) is 34.7 Å². The highest BCUT2D eigenvalue weighted by Gasteiger charge is 2.42. The Morgan fingerprint density at radius 2 is 1.94 bits per heavy atom. The average molecular weight is 493 g/mol. The molecule has 0 aliphatic carbocycles. The Bertz CT molecular complexity index is 920. The summed E-state index contributed by atoms with van der Waals surface area (Å²) in [5.74, 6) is -1.56. The first kappa shape index (κ1) is 28.4. The molecule has 0 fully saturated rings. The summed E-state index contributed by atoms with van der Waals surface area (Å²) in [5.41, 5.74) is 1.59. The van der Waals surface area contributed by atoms with Gasteiger partial charge in [0.1, 0.15) is 11.9 Å². The number of rotatable bonds is 2. The number of nitrogens with one attached hydrogen (secondary N) is 1. The number of Topliss-reactive ketones (excluding diaryl/α,β-unsaturated/α-hetero) is 1. The molecule has 1 unspecified atom stereocenters. The number of aromatic nitrogens is 1. The lowest BCUT2D eigenvalue weighted by Gasteiger charge is -2.34. The highest BCUT2D eigenvalue weighted by Crippen LogP contribution is 2.30. The van der Waals surface area contributed by atoms with E-state index in [9.17, 15) is 19.8 Å². The number of aliphatic hydroxyl groups excluding tert-OH is 2. The molecule has 0 saturated carbocycles. The van der Waals surface area contributed by atoms with E-state index in [-0.39, 0.29) is 18.2 Å². The van der Waals surface area contributed by atoms with E-state index >= 15 is 0 Å². The minimum absolute atomic E-state index is 0.288. The van der Waals surface area contributed by atoms with Gasteiger partial charge in [-0.3, -0.25) is 9.59 Å². The van der Waals surface area contributed by atoms with Crippen molar-refractivity contribution >= 4 is 29.2 Å². The van der Waals surface area contributed by atoms with Crippen LogP contribution in [0.15, 0.2) is 22.6 Å². The minimum Gasteiger partial charge on any atom is -0.457 e. The lowest BCUT2D eigenvalue weighted by molar-refractivity contribution is -0.154. The molecule has 1 aromatic heterocycles. The lowest BCUT2D eigenvalue weighted by Crippen LogP contribution is -2.49. The second-order valence-corrected chi connectivity index (χ2v) is 11.1. The van der Waals surface area contributed by atoms with Crippen LogP contribution in [0.3, 0.4) is 0 Å². The van der Waals surface area contributed by atoms with Crippen LogP contribution in [0.25, 0.3) is 6.08 Å². The second-order valence-electron chi connectivity index (χ2n) is 10.0. The van der Waals surface area contributed by atoms with E-state index in [0.717, 1.165) is 28.3 Å². The molecule has 7 nitrogen and oxygen atoms in total. The fourth-order valence-corrected chi connectivity index (χ4v) is 4.66. The third-order valence-corrected chi connectivity index (χ3v) is 7.52. The Morgan fingerprint density at radius 1 is 1.26 bits per heavy atom. The fourth-order valence-electron chi connectivity index (χ4n) is 4.09. The molecule has 0 aromatic carbocycles. The predicted molar refractivity (Wildman–Crippen MR) is 135 cm³/mol. The number of ketones is 1. The van der Waals surface area contributed by atoms with Gasteiger partial charge in [0, 0.05) is 23.8 Å². The van der Waals surface area contributed by atoms with Crippen LogP contribution in [-0.4, -0.2) is 57.8 Å². The number of carbonyl (C=O) groups is 2. The van der Waals surface area contributed by atoms with Crippen molar-refractivity contribution in [3.8, 4) is 0 Å². The van der Waals surface area contributed by atoms with Crippen LogP contribution in [0.4, 0.5) is 0 Å². The van der Waals surface area contributed by atoms with Crippen LogP contribution in [0.2, 0.25) is 0 Å². The SMILES string of the molecule is C/C1=C/CC(/C(C)=C/c2csc(C)n2)OC(=O)C[C@H](O)C(C)(C)C(=O)[C@H](C)[C@H](O)[C@@H](C)NCC1. The van der Waals surface area contributed by atoms with Gasteiger partial charge in [-0.05, 0) is 52.3 Å². The van der Waals surface area contributed by atoms with Gasteiger partial charge in [0.25, 0.3) is 0 Å². The molecule has 0 radical (unpaired) electrons. The summed E-state index contributed by atoms with van der Waals surface area (Å²) in [5, 5.41) is 27.7. The molecule has 34 heavy (non-hydrogen) atoms. The van der Waals surface area contributed by atoms with E-state index in [1.165, 1.54) is 0 Å². The normalized spacial score (nSPS) is 32.1. The van der Waals surface area contributed by atoms with Gasteiger partial charge in [-0.25, -0.2) is 4.98 Å². The van der Waals surface area contributed by atoms with Gasteiger partial charge >= 0.3 is 5.97 Å². The van der Waals surface area contributed by atoms with Crippen LogP contribution < -0.4 is 5.32 Å². The molecule has 8 heteroatoms. The zero-order chi connectivity index (χ0) is 25.6. The topological polar surface area (TPSA) is 109 Å². The summed E-state index contributed by atoms with van der Waals surface area (Å²) < 4.78 is 5.79. The number of thiazole rings is 1. The maximum absolute atomic E-state index is 13.1. The molecular formula is C26H40N2O5S. The number of ether oxygens (including phenoxy) is 1. The van der Waals surface area contributed by atoms with Crippen molar-refractivity contribution < 1.29 is 24.5 Å². The number of nitrogens with zero attached hydrogens (tertiary/aromatic N) is 1. The smallest absolute Gasteiger partial charge is 0.309 e. The molecule has 1 aliphatic rings. The Hall–Kier alpha value is -1.87. The zero-order valence-corrected chi connectivity index (χ0v) is 22.2. The highest BCUT2D eigenvalue weighted by atomic mass is 32.1. The maximum Gasteiger partial charge on any atom is 0.309 e. The highest BCUT2D eigenvalue weighted by molar-refractivity contribution is 7.09. The zero-order valence-electron chi connectivity index (χ0n) is 21.4. The van der Waals surface area contributed by atoms with Crippen molar-refractivity contribution in [1.29, 1.82) is 0 Å². The van der Waals surface area contributed by atoms with Crippen molar-refractivity contribution in [2.24, 2.45) is 11.3 Å². The molecule has 3 N–H and O–H groups in total. The third kappa shape index (κ3) is 7.57. The van der Waals surface area contributed by atoms with Gasteiger partial charge in [-0.2, -0.15) is 0 Å². The fraction of sp³-hybridized carbons (Fsp3) is 0.654. The van der Waals surface area contributed by atoms with Crippen molar-refractivity contribution in [3.63, 3.8) is 0 Å². The summed E-state index contributed by atoms with van der Waals surface area (Å²) >= 11 is 1.56. The van der Waals surface area contributed by atoms with Crippen molar-refractivity contribution in [3.05, 3.63) is 33.3 Å². The molecular weight excluding hydrogens is 452 g/mol. The van der Waals surface area contributed by atoms with Gasteiger partial charge in [-0.15, -0.1) is 11.3 Å². The Morgan fingerprint density at radius 3 is 2.56 bits per heavy atom. The molecule has 0 spiro atoms. The van der Waals surface area contributed by atoms with E-state index in [2.05, 4.69) is 16.4 Å². The molecule has 5 atom stereocenters. The molecule has 2 heterocycles. The van der Waals surface area contributed by atoms with Crippen LogP contribution in [0.5, 0.6) is 0 Å².